The van der Waals surface area contributed by atoms with Crippen LogP contribution < -0.4 is 0 Å². The average molecular weight is 371 g/mol. The van der Waals surface area contributed by atoms with Crippen LogP contribution in [0.25, 0.3) is 11.0 Å². The lowest BCUT2D eigenvalue weighted by atomic mass is 10.2. The summed E-state index contributed by atoms with van der Waals surface area (Å²) < 4.78 is 38.5. The lowest BCUT2D eigenvalue weighted by Crippen LogP contribution is -2.46. The number of H-pyrrole nitrogens is 1. The molecule has 8 heteroatoms. The summed E-state index contributed by atoms with van der Waals surface area (Å²) in [5.74, 6) is -0.379. The molecule has 1 aliphatic carbocycles. The first-order chi connectivity index (χ1) is 11.7. The number of hydrogen-bond donors (Lipinski definition) is 1. The predicted octanol–water partition coefficient (Wildman–Crippen LogP) is 4.15. The lowest BCUT2D eigenvalue weighted by molar-refractivity contribution is -0.164. The molecule has 0 aliphatic heterocycles. The third-order valence-electron chi connectivity index (χ3n) is 4.41. The van der Waals surface area contributed by atoms with Gasteiger partial charge in [-0.15, -0.1) is 0 Å². The van der Waals surface area contributed by atoms with Gasteiger partial charge in [0.2, 0.25) is 5.91 Å². The molecule has 0 bridgehead atoms. The van der Waals surface area contributed by atoms with Gasteiger partial charge in [0.25, 0.3) is 0 Å². The number of aryl methyl sites for hydroxylation is 1. The van der Waals surface area contributed by atoms with E-state index < -0.39 is 18.6 Å². The Bertz CT molecular complexity index is 770. The summed E-state index contributed by atoms with van der Waals surface area (Å²) in [7, 11) is 0. The number of halogens is 3. The molecule has 1 N–H and O–H groups in total. The van der Waals surface area contributed by atoms with Crippen molar-refractivity contribution in [1.82, 2.24) is 14.9 Å². The summed E-state index contributed by atoms with van der Waals surface area (Å²) in [6.45, 7) is 2.48. The number of imidazole rings is 1. The van der Waals surface area contributed by atoms with E-state index in [0.717, 1.165) is 46.1 Å². The van der Waals surface area contributed by atoms with Crippen molar-refractivity contribution in [2.45, 2.75) is 44.1 Å². The van der Waals surface area contributed by atoms with Gasteiger partial charge in [0.05, 0.1) is 16.8 Å². The number of carbonyl (C=O) groups excluding carboxylic acids is 1. The van der Waals surface area contributed by atoms with Crippen molar-refractivity contribution in [3.63, 3.8) is 0 Å². The number of aromatic amines is 1. The maximum absolute atomic E-state index is 12.8. The van der Waals surface area contributed by atoms with E-state index in [4.69, 9.17) is 0 Å². The highest BCUT2D eigenvalue weighted by molar-refractivity contribution is 7.99. The topological polar surface area (TPSA) is 49.0 Å². The van der Waals surface area contributed by atoms with E-state index in [1.54, 1.807) is 6.92 Å². The molecule has 1 heterocycles. The third kappa shape index (κ3) is 4.68. The zero-order chi connectivity index (χ0) is 18.2. The van der Waals surface area contributed by atoms with Crippen LogP contribution in [0.2, 0.25) is 0 Å². The summed E-state index contributed by atoms with van der Waals surface area (Å²) >= 11 is 1.14. The Morgan fingerprint density at radius 3 is 2.80 bits per heavy atom. The Morgan fingerprint density at radius 2 is 2.16 bits per heavy atom. The maximum Gasteiger partial charge on any atom is 0.406 e. The molecule has 1 aliphatic rings. The summed E-state index contributed by atoms with van der Waals surface area (Å²) in [6.07, 6.45) is -2.61. The fraction of sp³-hybridized carbons (Fsp3) is 0.529. The van der Waals surface area contributed by atoms with Crippen LogP contribution in [-0.2, 0) is 4.79 Å². The van der Waals surface area contributed by atoms with Crippen LogP contribution in [0.3, 0.4) is 0 Å². The largest absolute Gasteiger partial charge is 0.406 e. The normalized spacial score (nSPS) is 16.2. The SMILES string of the molecule is Cc1ccc2nc(SCC(=O)N(CC(F)(F)F)[C@@H](C)C3CC3)[nH]c2c1. The minimum absolute atomic E-state index is 0.0635. The number of amides is 1. The molecule has 1 fully saturated rings. The number of rotatable bonds is 6. The van der Waals surface area contributed by atoms with Gasteiger partial charge in [-0.3, -0.25) is 4.79 Å². The van der Waals surface area contributed by atoms with Crippen molar-refractivity contribution in [1.29, 1.82) is 0 Å². The van der Waals surface area contributed by atoms with Crippen LogP contribution in [0.1, 0.15) is 25.3 Å². The maximum atomic E-state index is 12.8. The molecule has 136 valence electrons. The van der Waals surface area contributed by atoms with E-state index >= 15 is 0 Å². The number of nitrogens with zero attached hydrogens (tertiary/aromatic N) is 2. The Morgan fingerprint density at radius 1 is 1.44 bits per heavy atom. The molecule has 0 spiro atoms. The standard InChI is InChI=1S/C17H20F3N3OS/c1-10-3-6-13-14(7-10)22-16(21-13)25-8-15(24)23(9-17(18,19)20)11(2)12-4-5-12/h3,6-7,11-12H,4-5,8-9H2,1-2H3,(H,21,22)/t11-/m0/s1. The van der Waals surface area contributed by atoms with Crippen LogP contribution in [0.5, 0.6) is 0 Å². The lowest BCUT2D eigenvalue weighted by Gasteiger charge is -2.30. The fourth-order valence-corrected chi connectivity index (χ4v) is 3.64. The highest BCUT2D eigenvalue weighted by Crippen LogP contribution is 2.36. The van der Waals surface area contributed by atoms with Crippen LogP contribution >= 0.6 is 11.8 Å². The van der Waals surface area contributed by atoms with Gasteiger partial charge in [-0.1, -0.05) is 17.8 Å². The van der Waals surface area contributed by atoms with E-state index in [1.807, 2.05) is 25.1 Å². The minimum atomic E-state index is -4.39. The zero-order valence-electron chi connectivity index (χ0n) is 14.1. The predicted molar refractivity (Wildman–Crippen MR) is 91.5 cm³/mol. The zero-order valence-corrected chi connectivity index (χ0v) is 14.9. The molecule has 25 heavy (non-hydrogen) atoms. The summed E-state index contributed by atoms with van der Waals surface area (Å²) in [6, 6.07) is 5.37. The van der Waals surface area contributed by atoms with E-state index in [0.29, 0.717) is 5.16 Å². The van der Waals surface area contributed by atoms with Crippen LogP contribution in [-0.4, -0.2) is 45.3 Å². The molecule has 3 rings (SSSR count). The highest BCUT2D eigenvalue weighted by atomic mass is 32.2. The minimum Gasteiger partial charge on any atom is -0.333 e. The Kier molecular flexibility index (Phi) is 4.99. The quantitative estimate of drug-likeness (QED) is 0.776. The molecule has 4 nitrogen and oxygen atoms in total. The summed E-state index contributed by atoms with van der Waals surface area (Å²) in [5.41, 5.74) is 2.71. The van der Waals surface area contributed by atoms with Gasteiger partial charge in [0, 0.05) is 6.04 Å². The second-order valence-electron chi connectivity index (χ2n) is 6.57. The molecule has 0 radical (unpaired) electrons. The second-order valence-corrected chi connectivity index (χ2v) is 7.53. The van der Waals surface area contributed by atoms with Gasteiger partial charge in [0.1, 0.15) is 6.54 Å². The number of fused-ring (bicyclic) bond motifs is 1. The molecule has 0 unspecified atom stereocenters. The number of nitrogens with one attached hydrogen (secondary N) is 1. The Labute approximate surface area is 148 Å². The van der Waals surface area contributed by atoms with Crippen LogP contribution in [0, 0.1) is 12.8 Å². The van der Waals surface area contributed by atoms with E-state index in [1.165, 1.54) is 0 Å². The first kappa shape index (κ1) is 18.1. The third-order valence-corrected chi connectivity index (χ3v) is 5.27. The Hall–Kier alpha value is -1.70. The van der Waals surface area contributed by atoms with Gasteiger partial charge >= 0.3 is 6.18 Å². The number of benzene rings is 1. The molecule has 1 saturated carbocycles. The smallest absolute Gasteiger partial charge is 0.333 e. The van der Waals surface area contributed by atoms with Crippen molar-refractivity contribution in [3.8, 4) is 0 Å². The molecule has 1 amide bonds. The second kappa shape index (κ2) is 6.90. The average Bonchev–Trinajstić information content (AvgIpc) is 3.29. The fourth-order valence-electron chi connectivity index (χ4n) is 2.87. The Balaban J connectivity index is 1.67. The summed E-state index contributed by atoms with van der Waals surface area (Å²) in [5, 5.41) is 0.542. The number of hydrogen-bond acceptors (Lipinski definition) is 3. The number of aromatic nitrogens is 2. The molecule has 0 saturated heterocycles. The summed E-state index contributed by atoms with van der Waals surface area (Å²) in [4.78, 5) is 20.8. The van der Waals surface area contributed by atoms with Gasteiger partial charge in [-0.25, -0.2) is 4.98 Å². The van der Waals surface area contributed by atoms with Crippen molar-refractivity contribution < 1.29 is 18.0 Å². The molecule has 1 atom stereocenters. The molecular formula is C17H20F3N3OS. The van der Waals surface area contributed by atoms with Gasteiger partial charge in [-0.05, 0) is 50.3 Å². The van der Waals surface area contributed by atoms with E-state index in [2.05, 4.69) is 9.97 Å². The van der Waals surface area contributed by atoms with Crippen LogP contribution in [0.15, 0.2) is 23.4 Å². The first-order valence-electron chi connectivity index (χ1n) is 8.18. The number of thioether (sulfide) groups is 1. The van der Waals surface area contributed by atoms with Crippen molar-refractivity contribution in [2.24, 2.45) is 5.92 Å². The highest BCUT2D eigenvalue weighted by Gasteiger charge is 2.40. The van der Waals surface area contributed by atoms with Gasteiger partial charge < -0.3 is 9.88 Å². The molecular weight excluding hydrogens is 351 g/mol. The number of carbonyl (C=O) groups is 1. The first-order valence-corrected chi connectivity index (χ1v) is 9.17. The van der Waals surface area contributed by atoms with Gasteiger partial charge in [-0.2, -0.15) is 13.2 Å². The molecule has 1 aromatic carbocycles. The van der Waals surface area contributed by atoms with Gasteiger partial charge in [0.15, 0.2) is 5.16 Å². The molecule has 2 aromatic rings. The van der Waals surface area contributed by atoms with E-state index in [-0.39, 0.29) is 17.7 Å². The van der Waals surface area contributed by atoms with Crippen LogP contribution in [0.4, 0.5) is 13.2 Å². The van der Waals surface area contributed by atoms with Crippen molar-refractivity contribution >= 4 is 28.7 Å². The van der Waals surface area contributed by atoms with E-state index in [9.17, 15) is 18.0 Å². The van der Waals surface area contributed by atoms with Crippen molar-refractivity contribution in [3.05, 3.63) is 23.8 Å². The monoisotopic (exact) mass is 371 g/mol. The van der Waals surface area contributed by atoms with Crippen molar-refractivity contribution in [2.75, 3.05) is 12.3 Å². The number of alkyl halides is 3. The molecule has 1 aromatic heterocycles.